The van der Waals surface area contributed by atoms with Gasteiger partial charge in [-0.3, -0.25) is 9.59 Å². The van der Waals surface area contributed by atoms with Gasteiger partial charge in [0.15, 0.2) is 5.43 Å². The highest BCUT2D eigenvalue weighted by Crippen LogP contribution is 2.26. The van der Waals surface area contributed by atoms with Crippen molar-refractivity contribution in [2.45, 2.75) is 13.0 Å². The van der Waals surface area contributed by atoms with E-state index in [0.717, 1.165) is 21.9 Å². The summed E-state index contributed by atoms with van der Waals surface area (Å²) >= 11 is 0. The summed E-state index contributed by atoms with van der Waals surface area (Å²) in [4.78, 5) is 29.2. The van der Waals surface area contributed by atoms with Gasteiger partial charge in [0.2, 0.25) is 0 Å². The van der Waals surface area contributed by atoms with E-state index in [1.54, 1.807) is 18.2 Å². The molecular formula is C28H22N2O2. The highest BCUT2D eigenvalue weighted by Gasteiger charge is 2.17. The van der Waals surface area contributed by atoms with Gasteiger partial charge in [-0.05, 0) is 41.5 Å². The van der Waals surface area contributed by atoms with Crippen molar-refractivity contribution in [2.24, 2.45) is 0 Å². The largest absolute Gasteiger partial charge is 0.354 e. The van der Waals surface area contributed by atoms with Gasteiger partial charge in [-0.25, -0.2) is 0 Å². The van der Waals surface area contributed by atoms with Crippen LogP contribution in [0.5, 0.6) is 0 Å². The molecule has 0 aliphatic carbocycles. The molecule has 1 aromatic heterocycles. The van der Waals surface area contributed by atoms with E-state index in [4.69, 9.17) is 0 Å². The van der Waals surface area contributed by atoms with Crippen molar-refractivity contribution in [1.82, 2.24) is 10.3 Å². The first-order valence-electron chi connectivity index (χ1n) is 10.6. The number of hydrogen-bond donors (Lipinski definition) is 2. The third kappa shape index (κ3) is 3.56. The summed E-state index contributed by atoms with van der Waals surface area (Å²) in [7, 11) is 0. The van der Waals surface area contributed by atoms with Crippen LogP contribution >= 0.6 is 0 Å². The number of carbonyl (C=O) groups is 1. The molecule has 0 aliphatic rings. The molecule has 4 aromatic carbocycles. The first-order chi connectivity index (χ1) is 15.6. The fraction of sp³-hybridized carbons (Fsp3) is 0.0714. The monoisotopic (exact) mass is 418 g/mol. The molecule has 2 N–H and O–H groups in total. The molecule has 4 nitrogen and oxygen atoms in total. The Balaban J connectivity index is 1.51. The van der Waals surface area contributed by atoms with Crippen molar-refractivity contribution in [3.05, 3.63) is 118 Å². The Bertz CT molecular complexity index is 1510. The second-order valence-electron chi connectivity index (χ2n) is 7.90. The fourth-order valence-electron chi connectivity index (χ4n) is 4.24. The third-order valence-corrected chi connectivity index (χ3v) is 5.84. The number of fused-ring (bicyclic) bond motifs is 2. The number of benzene rings is 4. The standard InChI is InChI=1S/C28H22N2O2/c1-18(20-15-8-10-19-9-2-3-11-21(19)20)29-28(32)23-13-5-4-12-22(23)26-17-27(31)24-14-6-7-16-25(24)30-26/h2-18H,1H3,(H,29,32)(H,30,31)/t18-/m0/s1. The number of aromatic nitrogens is 1. The van der Waals surface area contributed by atoms with Gasteiger partial charge in [0.05, 0.1) is 11.7 Å². The molecule has 0 saturated carbocycles. The number of hydrogen-bond acceptors (Lipinski definition) is 2. The van der Waals surface area contributed by atoms with Gasteiger partial charge in [0, 0.05) is 28.1 Å². The lowest BCUT2D eigenvalue weighted by Gasteiger charge is -2.18. The second kappa shape index (κ2) is 8.16. The van der Waals surface area contributed by atoms with Gasteiger partial charge in [0.25, 0.3) is 5.91 Å². The van der Waals surface area contributed by atoms with Crippen LogP contribution in [0.4, 0.5) is 0 Å². The van der Waals surface area contributed by atoms with Crippen LogP contribution in [0, 0.1) is 0 Å². The second-order valence-corrected chi connectivity index (χ2v) is 7.90. The highest BCUT2D eigenvalue weighted by molar-refractivity contribution is 6.01. The van der Waals surface area contributed by atoms with E-state index in [0.29, 0.717) is 22.2 Å². The summed E-state index contributed by atoms with van der Waals surface area (Å²) < 4.78 is 0. The van der Waals surface area contributed by atoms with Crippen molar-refractivity contribution in [2.75, 3.05) is 0 Å². The lowest BCUT2D eigenvalue weighted by Crippen LogP contribution is -2.27. The Morgan fingerprint density at radius 3 is 2.38 bits per heavy atom. The Kier molecular flexibility index (Phi) is 5.04. The van der Waals surface area contributed by atoms with Gasteiger partial charge in [-0.1, -0.05) is 72.8 Å². The van der Waals surface area contributed by atoms with Gasteiger partial charge in [-0.15, -0.1) is 0 Å². The molecule has 5 aromatic rings. The van der Waals surface area contributed by atoms with Crippen LogP contribution in [0.2, 0.25) is 0 Å². The average Bonchev–Trinajstić information content (AvgIpc) is 2.83. The molecule has 0 spiro atoms. The molecule has 0 aliphatic heterocycles. The number of nitrogens with one attached hydrogen (secondary N) is 2. The number of pyridine rings is 1. The molecule has 156 valence electrons. The third-order valence-electron chi connectivity index (χ3n) is 5.84. The van der Waals surface area contributed by atoms with Crippen LogP contribution in [-0.4, -0.2) is 10.9 Å². The molecule has 0 saturated heterocycles. The van der Waals surface area contributed by atoms with E-state index in [9.17, 15) is 9.59 Å². The Labute approximate surface area is 185 Å². The predicted molar refractivity (Wildman–Crippen MR) is 130 cm³/mol. The fourth-order valence-corrected chi connectivity index (χ4v) is 4.24. The normalized spacial score (nSPS) is 12.0. The molecular weight excluding hydrogens is 396 g/mol. The molecule has 1 heterocycles. The molecule has 32 heavy (non-hydrogen) atoms. The molecule has 0 bridgehead atoms. The van der Waals surface area contributed by atoms with Crippen LogP contribution in [0.25, 0.3) is 32.9 Å². The molecule has 0 fully saturated rings. The van der Waals surface area contributed by atoms with Crippen molar-refractivity contribution in [3.63, 3.8) is 0 Å². The summed E-state index contributed by atoms with van der Waals surface area (Å²) in [5, 5.41) is 6.02. The predicted octanol–water partition coefficient (Wildman–Crippen LogP) is 5.84. The van der Waals surface area contributed by atoms with E-state index >= 15 is 0 Å². The summed E-state index contributed by atoms with van der Waals surface area (Å²) in [6, 6.07) is 30.4. The molecule has 1 atom stereocenters. The maximum absolute atomic E-state index is 13.3. The summed E-state index contributed by atoms with van der Waals surface area (Å²) in [6.45, 7) is 1.99. The molecule has 4 heteroatoms. The van der Waals surface area contributed by atoms with Crippen molar-refractivity contribution >= 4 is 27.6 Å². The number of aromatic amines is 1. The van der Waals surface area contributed by atoms with E-state index in [2.05, 4.69) is 28.5 Å². The number of H-pyrrole nitrogens is 1. The minimum absolute atomic E-state index is 0.0753. The van der Waals surface area contributed by atoms with Gasteiger partial charge >= 0.3 is 0 Å². The minimum atomic E-state index is -0.185. The van der Waals surface area contributed by atoms with E-state index in [-0.39, 0.29) is 17.4 Å². The minimum Gasteiger partial charge on any atom is -0.354 e. The zero-order chi connectivity index (χ0) is 22.1. The van der Waals surface area contributed by atoms with Crippen LogP contribution in [0.15, 0.2) is 102 Å². The van der Waals surface area contributed by atoms with E-state index in [1.165, 1.54) is 0 Å². The maximum Gasteiger partial charge on any atom is 0.252 e. The van der Waals surface area contributed by atoms with E-state index < -0.39 is 0 Å². The molecule has 5 rings (SSSR count). The zero-order valence-corrected chi connectivity index (χ0v) is 17.6. The summed E-state index contributed by atoms with van der Waals surface area (Å²) in [5.41, 5.74) is 3.57. The van der Waals surface area contributed by atoms with Crippen LogP contribution in [-0.2, 0) is 0 Å². The molecule has 0 radical (unpaired) electrons. The average molecular weight is 418 g/mol. The first-order valence-corrected chi connectivity index (χ1v) is 10.6. The van der Waals surface area contributed by atoms with Gasteiger partial charge in [-0.2, -0.15) is 0 Å². The summed E-state index contributed by atoms with van der Waals surface area (Å²) in [6.07, 6.45) is 0. The zero-order valence-electron chi connectivity index (χ0n) is 17.6. The number of rotatable bonds is 4. The van der Waals surface area contributed by atoms with Crippen LogP contribution < -0.4 is 10.7 Å². The lowest BCUT2D eigenvalue weighted by molar-refractivity contribution is 0.0941. The maximum atomic E-state index is 13.3. The number of para-hydroxylation sites is 1. The summed E-state index contributed by atoms with van der Waals surface area (Å²) in [5.74, 6) is -0.185. The van der Waals surface area contributed by atoms with Crippen molar-refractivity contribution in [3.8, 4) is 11.3 Å². The van der Waals surface area contributed by atoms with E-state index in [1.807, 2.05) is 67.6 Å². The molecule has 0 unspecified atom stereocenters. The quantitative estimate of drug-likeness (QED) is 0.385. The Hall–Kier alpha value is -4.18. The molecule has 1 amide bonds. The Morgan fingerprint density at radius 1 is 0.812 bits per heavy atom. The SMILES string of the molecule is C[C@H](NC(=O)c1ccccc1-c1cc(=O)c2ccccc2[nH]1)c1cccc2ccccc12. The first kappa shape index (κ1) is 19.8. The van der Waals surface area contributed by atoms with Gasteiger partial charge in [0.1, 0.15) is 0 Å². The lowest BCUT2D eigenvalue weighted by atomic mass is 9.98. The van der Waals surface area contributed by atoms with Crippen LogP contribution in [0.3, 0.4) is 0 Å². The van der Waals surface area contributed by atoms with Crippen LogP contribution in [0.1, 0.15) is 28.9 Å². The van der Waals surface area contributed by atoms with Crippen molar-refractivity contribution < 1.29 is 4.79 Å². The smallest absolute Gasteiger partial charge is 0.252 e. The van der Waals surface area contributed by atoms with Gasteiger partial charge < -0.3 is 10.3 Å². The Morgan fingerprint density at radius 2 is 1.50 bits per heavy atom. The highest BCUT2D eigenvalue weighted by atomic mass is 16.1. The van der Waals surface area contributed by atoms with Crippen molar-refractivity contribution in [1.29, 1.82) is 0 Å². The topological polar surface area (TPSA) is 62.0 Å². The number of carbonyl (C=O) groups excluding carboxylic acids is 1. The number of amides is 1.